The number of rotatable bonds is 5. The highest BCUT2D eigenvalue weighted by atomic mass is 35.5. The molecule has 0 saturated carbocycles. The summed E-state index contributed by atoms with van der Waals surface area (Å²) < 4.78 is 28.6. The molecule has 112 valence electrons. The highest BCUT2D eigenvalue weighted by Gasteiger charge is 2.09. The van der Waals surface area contributed by atoms with Gasteiger partial charge in [0.1, 0.15) is 5.75 Å². The van der Waals surface area contributed by atoms with Gasteiger partial charge in [0.05, 0.1) is 5.02 Å². The summed E-state index contributed by atoms with van der Waals surface area (Å²) in [7, 11) is 0. The topological polar surface area (TPSA) is 21.3 Å². The van der Waals surface area contributed by atoms with Crippen molar-refractivity contribution in [3.05, 3.63) is 58.1 Å². The van der Waals surface area contributed by atoms with E-state index in [2.05, 4.69) is 36.0 Å². The average molecular weight is 312 g/mol. The van der Waals surface area contributed by atoms with E-state index in [0.29, 0.717) is 6.54 Å². The molecule has 5 heteroatoms. The Bertz CT molecular complexity index is 611. The standard InChI is InChI=1S/C16H16ClF2NO/c1-10-4-3-5-11(2)13(10)9-20-12-6-7-15(14(17)8-12)21-16(18)19/h3-8,16,20H,9H2,1-2H3. The van der Waals surface area contributed by atoms with Crippen molar-refractivity contribution in [2.75, 3.05) is 5.32 Å². The second-order valence-corrected chi connectivity index (χ2v) is 5.15. The molecule has 0 bridgehead atoms. The van der Waals surface area contributed by atoms with E-state index in [1.54, 1.807) is 12.1 Å². The third-order valence-electron chi connectivity index (χ3n) is 3.26. The predicted molar refractivity (Wildman–Crippen MR) is 81.3 cm³/mol. The van der Waals surface area contributed by atoms with Crippen LogP contribution in [0.2, 0.25) is 5.02 Å². The second-order valence-electron chi connectivity index (χ2n) is 4.75. The first kappa shape index (κ1) is 15.6. The molecule has 0 aromatic heterocycles. The molecule has 0 aliphatic rings. The molecule has 0 aliphatic heterocycles. The molecule has 0 fully saturated rings. The first-order chi connectivity index (χ1) is 9.97. The van der Waals surface area contributed by atoms with E-state index in [9.17, 15) is 8.78 Å². The Hall–Kier alpha value is -1.81. The number of anilines is 1. The average Bonchev–Trinajstić information content (AvgIpc) is 2.41. The molecule has 21 heavy (non-hydrogen) atoms. The Morgan fingerprint density at radius 1 is 1.14 bits per heavy atom. The van der Waals surface area contributed by atoms with Gasteiger partial charge >= 0.3 is 6.61 Å². The third kappa shape index (κ3) is 4.08. The fourth-order valence-electron chi connectivity index (χ4n) is 2.12. The summed E-state index contributed by atoms with van der Waals surface area (Å²) in [5.74, 6) is -0.0238. The van der Waals surface area contributed by atoms with Gasteiger partial charge < -0.3 is 10.1 Å². The molecule has 0 atom stereocenters. The molecule has 2 aromatic carbocycles. The van der Waals surface area contributed by atoms with Crippen LogP contribution in [0, 0.1) is 13.8 Å². The lowest BCUT2D eigenvalue weighted by molar-refractivity contribution is -0.0497. The number of halogens is 3. The van der Waals surface area contributed by atoms with Gasteiger partial charge in [0.2, 0.25) is 0 Å². The van der Waals surface area contributed by atoms with Crippen molar-refractivity contribution in [2.24, 2.45) is 0 Å². The van der Waals surface area contributed by atoms with Crippen LogP contribution >= 0.6 is 11.6 Å². The Labute approximate surface area is 127 Å². The maximum Gasteiger partial charge on any atom is 0.387 e. The Morgan fingerprint density at radius 3 is 2.38 bits per heavy atom. The summed E-state index contributed by atoms with van der Waals surface area (Å²) in [4.78, 5) is 0. The minimum atomic E-state index is -2.88. The van der Waals surface area contributed by atoms with Gasteiger partial charge in [-0.05, 0) is 48.7 Å². The molecule has 2 nitrogen and oxygen atoms in total. The van der Waals surface area contributed by atoms with Crippen LogP contribution in [0.15, 0.2) is 36.4 Å². The third-order valence-corrected chi connectivity index (χ3v) is 3.56. The van der Waals surface area contributed by atoms with Gasteiger partial charge in [-0.15, -0.1) is 0 Å². The predicted octanol–water partition coefficient (Wildman–Crippen LogP) is 5.17. The van der Waals surface area contributed by atoms with Crippen LogP contribution in [-0.2, 0) is 6.54 Å². The number of aryl methyl sites for hydroxylation is 2. The lowest BCUT2D eigenvalue weighted by Gasteiger charge is -2.13. The van der Waals surface area contributed by atoms with Crippen LogP contribution in [0.4, 0.5) is 14.5 Å². The lowest BCUT2D eigenvalue weighted by Crippen LogP contribution is -2.05. The highest BCUT2D eigenvalue weighted by molar-refractivity contribution is 6.32. The zero-order valence-corrected chi connectivity index (χ0v) is 12.5. The van der Waals surface area contributed by atoms with E-state index < -0.39 is 6.61 Å². The van der Waals surface area contributed by atoms with Crippen molar-refractivity contribution in [3.63, 3.8) is 0 Å². The molecule has 2 rings (SSSR count). The van der Waals surface area contributed by atoms with Gasteiger partial charge in [-0.1, -0.05) is 29.8 Å². The zero-order valence-electron chi connectivity index (χ0n) is 11.8. The first-order valence-electron chi connectivity index (χ1n) is 6.50. The van der Waals surface area contributed by atoms with E-state index in [1.807, 2.05) is 6.07 Å². The summed E-state index contributed by atoms with van der Waals surface area (Å²) in [6.45, 7) is 1.87. The Kier molecular flexibility index (Phi) is 5.02. The van der Waals surface area contributed by atoms with Gasteiger partial charge in [0.25, 0.3) is 0 Å². The summed E-state index contributed by atoms with van der Waals surface area (Å²) >= 11 is 5.92. The summed E-state index contributed by atoms with van der Waals surface area (Å²) in [5, 5.41) is 3.39. The van der Waals surface area contributed by atoms with E-state index in [-0.39, 0.29) is 10.8 Å². The van der Waals surface area contributed by atoms with Crippen molar-refractivity contribution >= 4 is 17.3 Å². The van der Waals surface area contributed by atoms with Crippen LogP contribution in [-0.4, -0.2) is 6.61 Å². The monoisotopic (exact) mass is 311 g/mol. The molecular weight excluding hydrogens is 296 g/mol. The van der Waals surface area contributed by atoms with Gasteiger partial charge in [-0.3, -0.25) is 0 Å². The molecule has 0 heterocycles. The minimum Gasteiger partial charge on any atom is -0.433 e. The summed E-state index contributed by atoms with van der Waals surface area (Å²) in [6.07, 6.45) is 0. The number of hydrogen-bond acceptors (Lipinski definition) is 2. The second kappa shape index (κ2) is 6.76. The fourth-order valence-corrected chi connectivity index (χ4v) is 2.35. The Morgan fingerprint density at radius 2 is 1.81 bits per heavy atom. The maximum atomic E-state index is 12.2. The van der Waals surface area contributed by atoms with Crippen molar-refractivity contribution in [1.82, 2.24) is 0 Å². The van der Waals surface area contributed by atoms with Crippen molar-refractivity contribution in [1.29, 1.82) is 0 Å². The molecule has 1 N–H and O–H groups in total. The molecule has 0 radical (unpaired) electrons. The fraction of sp³-hybridized carbons (Fsp3) is 0.250. The molecule has 0 spiro atoms. The number of benzene rings is 2. The summed E-state index contributed by atoms with van der Waals surface area (Å²) in [5.41, 5.74) is 4.36. The smallest absolute Gasteiger partial charge is 0.387 e. The lowest BCUT2D eigenvalue weighted by atomic mass is 10.0. The van der Waals surface area contributed by atoms with Crippen molar-refractivity contribution in [3.8, 4) is 5.75 Å². The van der Waals surface area contributed by atoms with Crippen LogP contribution < -0.4 is 10.1 Å². The number of alkyl halides is 2. The van der Waals surface area contributed by atoms with E-state index in [1.165, 1.54) is 22.8 Å². The van der Waals surface area contributed by atoms with Crippen molar-refractivity contribution in [2.45, 2.75) is 27.0 Å². The molecule has 2 aromatic rings. The molecule has 0 saturated heterocycles. The van der Waals surface area contributed by atoms with Crippen LogP contribution in [0.3, 0.4) is 0 Å². The zero-order chi connectivity index (χ0) is 15.4. The molecule has 0 aliphatic carbocycles. The van der Waals surface area contributed by atoms with Crippen LogP contribution in [0.5, 0.6) is 5.75 Å². The SMILES string of the molecule is Cc1cccc(C)c1CNc1ccc(OC(F)F)c(Cl)c1. The number of ether oxygens (including phenoxy) is 1. The highest BCUT2D eigenvalue weighted by Crippen LogP contribution is 2.29. The Balaban J connectivity index is 2.09. The first-order valence-corrected chi connectivity index (χ1v) is 6.88. The normalized spacial score (nSPS) is 10.8. The number of nitrogens with one attached hydrogen (secondary N) is 1. The minimum absolute atomic E-state index is 0.0238. The van der Waals surface area contributed by atoms with Crippen molar-refractivity contribution < 1.29 is 13.5 Å². The van der Waals surface area contributed by atoms with Gasteiger partial charge in [-0.2, -0.15) is 8.78 Å². The van der Waals surface area contributed by atoms with Gasteiger partial charge in [0, 0.05) is 12.2 Å². The molecule has 0 amide bonds. The molecule has 0 unspecified atom stereocenters. The van der Waals surface area contributed by atoms with E-state index in [0.717, 1.165) is 5.69 Å². The van der Waals surface area contributed by atoms with E-state index in [4.69, 9.17) is 11.6 Å². The number of hydrogen-bond donors (Lipinski definition) is 1. The largest absolute Gasteiger partial charge is 0.433 e. The van der Waals surface area contributed by atoms with Crippen LogP contribution in [0.25, 0.3) is 0 Å². The quantitative estimate of drug-likeness (QED) is 0.822. The van der Waals surface area contributed by atoms with Gasteiger partial charge in [-0.25, -0.2) is 0 Å². The van der Waals surface area contributed by atoms with Gasteiger partial charge in [0.15, 0.2) is 0 Å². The molecular formula is C16H16ClF2NO. The summed E-state index contributed by atoms with van der Waals surface area (Å²) in [6, 6.07) is 10.8. The van der Waals surface area contributed by atoms with Crippen LogP contribution in [0.1, 0.15) is 16.7 Å². The van der Waals surface area contributed by atoms with E-state index >= 15 is 0 Å². The maximum absolute atomic E-state index is 12.2.